The van der Waals surface area contributed by atoms with Gasteiger partial charge in [0.2, 0.25) is 15.9 Å². The maximum Gasteiger partial charge on any atom is 0.244 e. The van der Waals surface area contributed by atoms with E-state index in [1.165, 1.54) is 42.1 Å². The van der Waals surface area contributed by atoms with E-state index in [4.69, 9.17) is 0 Å². The number of hydrogen-bond acceptors (Lipinski definition) is 4. The van der Waals surface area contributed by atoms with E-state index in [0.29, 0.717) is 36.1 Å². The van der Waals surface area contributed by atoms with Gasteiger partial charge in [0.15, 0.2) is 0 Å². The van der Waals surface area contributed by atoms with Gasteiger partial charge in [-0.25, -0.2) is 13.8 Å². The minimum atomic E-state index is -3.58. The maximum absolute atomic E-state index is 13.0. The van der Waals surface area contributed by atoms with Gasteiger partial charge in [-0.2, -0.15) is 9.41 Å². The standard InChI is InChI=1S/C23H31N3O3S/c1-15-4-6-21(7-5-15)30(28,29)26-8-2-3-18(14-26)23(27)25-24-22-19-10-16-9-17(12-19)13-20(22)11-16/h4-7,16-20H,2-3,8-14H2,1H3,(H,25,27)/t16?,17?,18-,19?,20?/m0/s1. The monoisotopic (exact) mass is 429 g/mol. The summed E-state index contributed by atoms with van der Waals surface area (Å²) in [6.07, 6.45) is 7.70. The smallest absolute Gasteiger partial charge is 0.244 e. The maximum atomic E-state index is 13.0. The lowest BCUT2D eigenvalue weighted by molar-refractivity contribution is -0.126. The molecule has 1 heterocycles. The average molecular weight is 430 g/mol. The summed E-state index contributed by atoms with van der Waals surface area (Å²) in [5, 5.41) is 4.60. The Bertz CT molecular complexity index is 924. The van der Waals surface area contributed by atoms with Crippen LogP contribution in [0.2, 0.25) is 0 Å². The summed E-state index contributed by atoms with van der Waals surface area (Å²) >= 11 is 0. The Kier molecular flexibility index (Phi) is 5.22. The van der Waals surface area contributed by atoms with E-state index in [0.717, 1.165) is 17.4 Å². The van der Waals surface area contributed by atoms with Gasteiger partial charge < -0.3 is 0 Å². The first-order chi connectivity index (χ1) is 14.4. The van der Waals surface area contributed by atoms with Crippen molar-refractivity contribution in [2.24, 2.45) is 34.7 Å². The summed E-state index contributed by atoms with van der Waals surface area (Å²) in [5.74, 6) is 2.33. The van der Waals surface area contributed by atoms with Crippen LogP contribution < -0.4 is 5.43 Å². The average Bonchev–Trinajstić information content (AvgIpc) is 2.73. The molecule has 1 N–H and O–H groups in total. The summed E-state index contributed by atoms with van der Waals surface area (Å²) in [6, 6.07) is 6.91. The predicted octanol–water partition coefficient (Wildman–Crippen LogP) is 3.32. The minimum Gasteiger partial charge on any atom is -0.273 e. The van der Waals surface area contributed by atoms with Crippen molar-refractivity contribution >= 4 is 21.6 Å². The van der Waals surface area contributed by atoms with Crippen LogP contribution in [-0.2, 0) is 14.8 Å². The number of rotatable bonds is 4. The van der Waals surface area contributed by atoms with Crippen LogP contribution in [0.3, 0.4) is 0 Å². The van der Waals surface area contributed by atoms with E-state index < -0.39 is 10.0 Å². The van der Waals surface area contributed by atoms with Crippen LogP contribution >= 0.6 is 0 Å². The van der Waals surface area contributed by atoms with E-state index in [9.17, 15) is 13.2 Å². The van der Waals surface area contributed by atoms with Crippen molar-refractivity contribution in [2.45, 2.75) is 56.8 Å². The number of carbonyl (C=O) groups is 1. The van der Waals surface area contributed by atoms with Crippen molar-refractivity contribution in [1.29, 1.82) is 0 Å². The van der Waals surface area contributed by atoms with E-state index in [1.807, 2.05) is 19.1 Å². The second-order valence-corrected chi connectivity index (χ2v) is 11.8. The molecule has 1 aliphatic heterocycles. The largest absolute Gasteiger partial charge is 0.273 e. The van der Waals surface area contributed by atoms with Crippen molar-refractivity contribution in [1.82, 2.24) is 9.73 Å². The number of amides is 1. The van der Waals surface area contributed by atoms with Crippen LogP contribution in [0.4, 0.5) is 0 Å². The molecule has 5 aliphatic rings. The number of hydrogen-bond donors (Lipinski definition) is 1. The molecule has 4 bridgehead atoms. The number of hydrazone groups is 1. The fourth-order valence-electron chi connectivity index (χ4n) is 6.29. The zero-order valence-electron chi connectivity index (χ0n) is 17.6. The molecule has 4 saturated carbocycles. The summed E-state index contributed by atoms with van der Waals surface area (Å²) < 4.78 is 27.5. The van der Waals surface area contributed by atoms with Gasteiger partial charge in [-0.05, 0) is 87.7 Å². The van der Waals surface area contributed by atoms with Crippen LogP contribution in [0.25, 0.3) is 0 Å². The second-order valence-electron chi connectivity index (χ2n) is 9.83. The normalized spacial score (nSPS) is 33.5. The number of nitrogens with one attached hydrogen (secondary N) is 1. The number of sulfonamides is 1. The lowest BCUT2D eigenvalue weighted by Gasteiger charge is -2.50. The molecule has 0 radical (unpaired) electrons. The highest BCUT2D eigenvalue weighted by Crippen LogP contribution is 2.52. The van der Waals surface area contributed by atoms with Crippen LogP contribution in [0.1, 0.15) is 50.5 Å². The van der Waals surface area contributed by atoms with Crippen LogP contribution in [0.5, 0.6) is 0 Å². The zero-order chi connectivity index (χ0) is 20.9. The van der Waals surface area contributed by atoms with Gasteiger partial charge in [-0.15, -0.1) is 0 Å². The molecule has 0 unspecified atom stereocenters. The minimum absolute atomic E-state index is 0.139. The third kappa shape index (κ3) is 3.71. The first kappa shape index (κ1) is 20.2. The first-order valence-corrected chi connectivity index (χ1v) is 12.8. The molecule has 1 atom stereocenters. The van der Waals surface area contributed by atoms with E-state index in [-0.39, 0.29) is 18.4 Å². The summed E-state index contributed by atoms with van der Waals surface area (Å²) in [7, 11) is -3.58. The molecule has 6 rings (SSSR count). The lowest BCUT2D eigenvalue weighted by atomic mass is 9.55. The molecule has 162 valence electrons. The van der Waals surface area contributed by atoms with Gasteiger partial charge in [0.1, 0.15) is 0 Å². The van der Waals surface area contributed by atoms with E-state index >= 15 is 0 Å². The summed E-state index contributed by atoms with van der Waals surface area (Å²) in [4.78, 5) is 13.1. The Morgan fingerprint density at radius 2 is 1.67 bits per heavy atom. The van der Waals surface area contributed by atoms with Gasteiger partial charge in [-0.3, -0.25) is 4.79 Å². The molecule has 4 aliphatic carbocycles. The zero-order valence-corrected chi connectivity index (χ0v) is 18.4. The second kappa shape index (κ2) is 7.75. The Hall–Kier alpha value is -1.73. The molecular weight excluding hydrogens is 398 g/mol. The molecular formula is C23H31N3O3S. The molecule has 7 heteroatoms. The van der Waals surface area contributed by atoms with Gasteiger partial charge in [0.05, 0.1) is 10.8 Å². The third-order valence-electron chi connectivity index (χ3n) is 7.68. The van der Waals surface area contributed by atoms with Crippen molar-refractivity contribution in [3.05, 3.63) is 29.8 Å². The molecule has 1 aromatic rings. The molecule has 30 heavy (non-hydrogen) atoms. The topological polar surface area (TPSA) is 78.8 Å². The van der Waals surface area contributed by atoms with Gasteiger partial charge in [-0.1, -0.05) is 17.7 Å². The molecule has 1 aromatic carbocycles. The SMILES string of the molecule is Cc1ccc(S(=O)(=O)N2CCC[C@H](C(=O)NN=C3C4CC5CC(C4)CC3C5)C2)cc1. The molecule has 1 saturated heterocycles. The number of aryl methyl sites for hydroxylation is 1. The van der Waals surface area contributed by atoms with Crippen LogP contribution in [-0.4, -0.2) is 37.4 Å². The quantitative estimate of drug-likeness (QED) is 0.746. The Morgan fingerprint density at radius 1 is 1.03 bits per heavy atom. The number of piperidine rings is 1. The van der Waals surface area contributed by atoms with E-state index in [1.54, 1.807) is 12.1 Å². The van der Waals surface area contributed by atoms with Crippen LogP contribution in [0, 0.1) is 36.5 Å². The van der Waals surface area contributed by atoms with Crippen LogP contribution in [0.15, 0.2) is 34.3 Å². The third-order valence-corrected chi connectivity index (χ3v) is 9.56. The van der Waals surface area contributed by atoms with Gasteiger partial charge in [0.25, 0.3) is 0 Å². The highest BCUT2D eigenvalue weighted by atomic mass is 32.2. The summed E-state index contributed by atoms with van der Waals surface area (Å²) in [6.45, 7) is 2.62. The van der Waals surface area contributed by atoms with Crippen molar-refractivity contribution < 1.29 is 13.2 Å². The molecule has 0 aromatic heterocycles. The van der Waals surface area contributed by atoms with Gasteiger partial charge >= 0.3 is 0 Å². The predicted molar refractivity (Wildman–Crippen MR) is 115 cm³/mol. The number of carbonyl (C=O) groups excluding carboxylic acids is 1. The van der Waals surface area contributed by atoms with Crippen molar-refractivity contribution in [3.8, 4) is 0 Å². The Morgan fingerprint density at radius 3 is 2.30 bits per heavy atom. The molecule has 5 fully saturated rings. The van der Waals surface area contributed by atoms with E-state index in [2.05, 4.69) is 10.5 Å². The fraction of sp³-hybridized carbons (Fsp3) is 0.652. The molecule has 0 spiro atoms. The molecule has 6 nitrogen and oxygen atoms in total. The molecule has 1 amide bonds. The summed E-state index contributed by atoms with van der Waals surface area (Å²) in [5.41, 5.74) is 5.05. The Balaban J connectivity index is 1.25. The Labute approximate surface area is 179 Å². The lowest BCUT2D eigenvalue weighted by Crippen LogP contribution is -2.47. The number of nitrogens with zero attached hydrogens (tertiary/aromatic N) is 2. The van der Waals surface area contributed by atoms with Crippen molar-refractivity contribution in [3.63, 3.8) is 0 Å². The highest BCUT2D eigenvalue weighted by molar-refractivity contribution is 7.89. The van der Waals surface area contributed by atoms with Gasteiger partial charge in [0, 0.05) is 18.8 Å². The van der Waals surface area contributed by atoms with Crippen molar-refractivity contribution in [2.75, 3.05) is 13.1 Å². The fourth-order valence-corrected chi connectivity index (χ4v) is 7.82. The highest BCUT2D eigenvalue weighted by Gasteiger charge is 2.46. The first-order valence-electron chi connectivity index (χ1n) is 11.3. The number of benzene rings is 1.